The van der Waals surface area contributed by atoms with E-state index >= 15 is 0 Å². The van der Waals surface area contributed by atoms with Crippen LogP contribution in [0.15, 0.2) is 42.6 Å². The molecule has 0 spiro atoms. The first-order chi connectivity index (χ1) is 6.61. The van der Waals surface area contributed by atoms with E-state index < -0.39 is 0 Å². The minimum Gasteiger partial charge on any atom is -0.381 e. The maximum Gasteiger partial charge on any atom is 0.168 e. The number of nitrogens with zero attached hydrogens (tertiary/aromatic N) is 1. The van der Waals surface area contributed by atoms with Gasteiger partial charge in [-0.1, -0.05) is 36.9 Å². The summed E-state index contributed by atoms with van der Waals surface area (Å²) in [5.41, 5.74) is 1.58. The maximum atomic E-state index is 11.7. The van der Waals surface area contributed by atoms with Gasteiger partial charge >= 0.3 is 0 Å². The van der Waals surface area contributed by atoms with Gasteiger partial charge in [0.2, 0.25) is 0 Å². The summed E-state index contributed by atoms with van der Waals surface area (Å²) in [5, 5.41) is 0. The highest BCUT2D eigenvalue weighted by Crippen LogP contribution is 2.08. The molecular formula is C12H15NO. The predicted molar refractivity (Wildman–Crippen MR) is 58.2 cm³/mol. The normalized spacial score (nSPS) is 9.57. The van der Waals surface area contributed by atoms with Gasteiger partial charge in [0.25, 0.3) is 0 Å². The van der Waals surface area contributed by atoms with E-state index in [0.717, 1.165) is 11.3 Å². The second-order valence-electron chi connectivity index (χ2n) is 3.43. The van der Waals surface area contributed by atoms with Crippen LogP contribution in [-0.2, 0) is 0 Å². The molecule has 0 amide bonds. The number of Topliss-reactive ketones (excluding diaryl/α,β-unsaturated/α-hetero) is 1. The Balaban J connectivity index is 2.65. The number of benzene rings is 1. The van der Waals surface area contributed by atoms with E-state index in [1.54, 1.807) is 0 Å². The molecule has 0 saturated carbocycles. The monoisotopic (exact) mass is 189 g/mol. The van der Waals surface area contributed by atoms with Crippen LogP contribution in [0.25, 0.3) is 0 Å². The molecule has 0 aromatic heterocycles. The van der Waals surface area contributed by atoms with Crippen LogP contribution in [0, 0.1) is 0 Å². The molecule has 0 aliphatic rings. The second-order valence-corrected chi connectivity index (χ2v) is 3.43. The van der Waals surface area contributed by atoms with Gasteiger partial charge in [0.15, 0.2) is 5.78 Å². The van der Waals surface area contributed by atoms with Gasteiger partial charge in [0, 0.05) is 25.4 Å². The van der Waals surface area contributed by atoms with Gasteiger partial charge in [0.05, 0.1) is 6.42 Å². The fourth-order valence-electron chi connectivity index (χ4n) is 1.07. The quantitative estimate of drug-likeness (QED) is 0.677. The predicted octanol–water partition coefficient (Wildman–Crippen LogP) is 2.33. The van der Waals surface area contributed by atoms with Crippen molar-refractivity contribution < 1.29 is 4.79 Å². The molecular weight excluding hydrogens is 174 g/mol. The van der Waals surface area contributed by atoms with Crippen molar-refractivity contribution in [2.45, 2.75) is 6.42 Å². The van der Waals surface area contributed by atoms with Gasteiger partial charge in [-0.25, -0.2) is 0 Å². The molecule has 0 fully saturated rings. The maximum absolute atomic E-state index is 11.7. The number of rotatable bonds is 4. The molecule has 0 atom stereocenters. The minimum absolute atomic E-state index is 0.115. The Labute approximate surface area is 84.9 Å². The van der Waals surface area contributed by atoms with Crippen molar-refractivity contribution in [3.05, 3.63) is 48.2 Å². The van der Waals surface area contributed by atoms with E-state index in [-0.39, 0.29) is 5.78 Å². The third-order valence-electron chi connectivity index (χ3n) is 2.09. The van der Waals surface area contributed by atoms with Gasteiger partial charge in [-0.2, -0.15) is 0 Å². The SMILES string of the molecule is C=C(CC(=O)c1ccccc1)N(C)C. The molecule has 14 heavy (non-hydrogen) atoms. The largest absolute Gasteiger partial charge is 0.381 e. The van der Waals surface area contributed by atoms with Gasteiger partial charge in [0.1, 0.15) is 0 Å². The first kappa shape index (κ1) is 10.5. The third kappa shape index (κ3) is 2.73. The molecule has 74 valence electrons. The molecule has 0 heterocycles. The van der Waals surface area contributed by atoms with E-state index in [9.17, 15) is 4.79 Å². The topological polar surface area (TPSA) is 20.3 Å². The lowest BCUT2D eigenvalue weighted by atomic mass is 10.1. The van der Waals surface area contributed by atoms with Crippen LogP contribution in [0.4, 0.5) is 0 Å². The van der Waals surface area contributed by atoms with E-state index in [0.29, 0.717) is 6.42 Å². The first-order valence-electron chi connectivity index (χ1n) is 4.54. The zero-order chi connectivity index (χ0) is 10.6. The van der Waals surface area contributed by atoms with Crippen molar-refractivity contribution in [3.63, 3.8) is 0 Å². The summed E-state index contributed by atoms with van der Waals surface area (Å²) in [5.74, 6) is 0.115. The summed E-state index contributed by atoms with van der Waals surface area (Å²) in [7, 11) is 3.78. The van der Waals surface area contributed by atoms with Crippen LogP contribution in [0.2, 0.25) is 0 Å². The third-order valence-corrected chi connectivity index (χ3v) is 2.09. The molecule has 0 aliphatic carbocycles. The van der Waals surface area contributed by atoms with Crippen molar-refractivity contribution in [3.8, 4) is 0 Å². The Morgan fingerprint density at radius 1 is 1.29 bits per heavy atom. The van der Waals surface area contributed by atoms with E-state index in [1.165, 1.54) is 0 Å². The van der Waals surface area contributed by atoms with Crippen LogP contribution in [0.5, 0.6) is 0 Å². The van der Waals surface area contributed by atoms with Crippen LogP contribution >= 0.6 is 0 Å². The zero-order valence-electron chi connectivity index (χ0n) is 8.66. The molecule has 0 saturated heterocycles. The van der Waals surface area contributed by atoms with Crippen molar-refractivity contribution >= 4 is 5.78 Å². The molecule has 2 heteroatoms. The number of ketones is 1. The van der Waals surface area contributed by atoms with E-state index in [1.807, 2.05) is 49.3 Å². The standard InChI is InChI=1S/C12H15NO/c1-10(13(2)3)9-12(14)11-7-5-4-6-8-11/h4-8H,1,9H2,2-3H3. The fraction of sp³-hybridized carbons (Fsp3) is 0.250. The van der Waals surface area contributed by atoms with Crippen LogP contribution in [-0.4, -0.2) is 24.8 Å². The molecule has 1 aromatic rings. The smallest absolute Gasteiger partial charge is 0.168 e. The average Bonchev–Trinajstić information content (AvgIpc) is 2.19. The lowest BCUT2D eigenvalue weighted by molar-refractivity contribution is 0.0986. The number of carbonyl (C=O) groups excluding carboxylic acids is 1. The van der Waals surface area contributed by atoms with Crippen molar-refractivity contribution in [2.75, 3.05) is 14.1 Å². The highest BCUT2D eigenvalue weighted by Gasteiger charge is 2.07. The van der Waals surface area contributed by atoms with Crippen molar-refractivity contribution in [2.24, 2.45) is 0 Å². The summed E-state index contributed by atoms with van der Waals surface area (Å²) in [6.45, 7) is 3.82. The van der Waals surface area contributed by atoms with Gasteiger partial charge in [-0.3, -0.25) is 4.79 Å². The number of allylic oxidation sites excluding steroid dienone is 1. The highest BCUT2D eigenvalue weighted by atomic mass is 16.1. The Morgan fingerprint density at radius 2 is 1.86 bits per heavy atom. The lowest BCUT2D eigenvalue weighted by Gasteiger charge is -2.14. The minimum atomic E-state index is 0.115. The Morgan fingerprint density at radius 3 is 2.36 bits per heavy atom. The van der Waals surface area contributed by atoms with Crippen molar-refractivity contribution in [1.29, 1.82) is 0 Å². The molecule has 0 unspecified atom stereocenters. The van der Waals surface area contributed by atoms with Crippen LogP contribution in [0.3, 0.4) is 0 Å². The van der Waals surface area contributed by atoms with Crippen LogP contribution in [0.1, 0.15) is 16.8 Å². The lowest BCUT2D eigenvalue weighted by Crippen LogP contribution is -2.13. The zero-order valence-corrected chi connectivity index (χ0v) is 8.66. The molecule has 0 radical (unpaired) electrons. The molecule has 1 aromatic carbocycles. The Bertz CT molecular complexity index is 327. The number of hydrogen-bond acceptors (Lipinski definition) is 2. The average molecular weight is 189 g/mol. The van der Waals surface area contributed by atoms with Gasteiger partial charge in [-0.15, -0.1) is 0 Å². The Hall–Kier alpha value is -1.57. The number of hydrogen-bond donors (Lipinski definition) is 0. The summed E-state index contributed by atoms with van der Waals surface area (Å²) in [6, 6.07) is 9.28. The summed E-state index contributed by atoms with van der Waals surface area (Å²) < 4.78 is 0. The molecule has 0 N–H and O–H groups in total. The second kappa shape index (κ2) is 4.61. The summed E-state index contributed by atoms with van der Waals surface area (Å²) >= 11 is 0. The van der Waals surface area contributed by atoms with Crippen molar-refractivity contribution in [1.82, 2.24) is 4.90 Å². The molecule has 1 rings (SSSR count). The van der Waals surface area contributed by atoms with Gasteiger partial charge < -0.3 is 4.90 Å². The first-order valence-corrected chi connectivity index (χ1v) is 4.54. The molecule has 2 nitrogen and oxygen atoms in total. The van der Waals surface area contributed by atoms with Gasteiger partial charge in [-0.05, 0) is 0 Å². The van der Waals surface area contributed by atoms with Crippen LogP contribution < -0.4 is 0 Å². The number of carbonyl (C=O) groups is 1. The van der Waals surface area contributed by atoms with E-state index in [4.69, 9.17) is 0 Å². The summed E-state index contributed by atoms with van der Waals surface area (Å²) in [4.78, 5) is 13.5. The molecule has 0 aliphatic heterocycles. The summed E-state index contributed by atoms with van der Waals surface area (Å²) in [6.07, 6.45) is 0.386. The molecule has 0 bridgehead atoms. The Kier molecular flexibility index (Phi) is 3.46. The fourth-order valence-corrected chi connectivity index (χ4v) is 1.07. The highest BCUT2D eigenvalue weighted by molar-refractivity contribution is 5.97. The van der Waals surface area contributed by atoms with E-state index in [2.05, 4.69) is 6.58 Å².